The molecule has 1 atom stereocenters. The van der Waals surface area contributed by atoms with Crippen LogP contribution in [0, 0.1) is 0 Å². The zero-order valence-corrected chi connectivity index (χ0v) is 21.9. The Balaban J connectivity index is 1.44. The fourth-order valence-corrected chi connectivity index (χ4v) is 4.88. The summed E-state index contributed by atoms with van der Waals surface area (Å²) < 4.78 is 17.1. The van der Waals surface area contributed by atoms with Crippen LogP contribution in [0.5, 0.6) is 11.5 Å². The highest BCUT2D eigenvalue weighted by Crippen LogP contribution is 2.39. The van der Waals surface area contributed by atoms with Crippen molar-refractivity contribution < 1.29 is 23.8 Å². The number of ether oxygens (including phenoxy) is 3. The standard InChI is InChI=1S/C28H29BrN2O5/c1-34-25-14-13-20(16-26(25)35-2)24(31-17-22-21(27(31)32)10-6-11-23(22)29)12-7-15-30-28(33)36-18-19-8-4-3-5-9-19/h3-6,8-11,13-14,16,24H,7,12,15,17-18H2,1-2H3,(H,30,33)/t24-/m1/s1. The molecule has 8 heteroatoms. The molecule has 0 saturated heterocycles. The number of rotatable bonds is 10. The maximum atomic E-state index is 13.4. The number of hydrogen-bond donors (Lipinski definition) is 1. The first-order chi connectivity index (χ1) is 17.5. The molecule has 0 aliphatic carbocycles. The SMILES string of the molecule is COc1ccc([C@@H](CCCNC(=O)OCc2ccccc2)N2Cc3c(Br)cccc3C2=O)cc1OC. The van der Waals surface area contributed by atoms with Gasteiger partial charge in [-0.1, -0.05) is 58.4 Å². The molecule has 1 aliphatic heterocycles. The van der Waals surface area contributed by atoms with E-state index < -0.39 is 6.09 Å². The molecule has 0 unspecified atom stereocenters. The van der Waals surface area contributed by atoms with E-state index in [4.69, 9.17) is 14.2 Å². The van der Waals surface area contributed by atoms with Gasteiger partial charge in [-0.3, -0.25) is 4.79 Å². The molecule has 0 saturated carbocycles. The summed E-state index contributed by atoms with van der Waals surface area (Å²) in [5.41, 5.74) is 3.56. The Kier molecular flexibility index (Phi) is 8.48. The number of amides is 2. The largest absolute Gasteiger partial charge is 0.493 e. The van der Waals surface area contributed by atoms with Crippen molar-refractivity contribution in [2.75, 3.05) is 20.8 Å². The van der Waals surface area contributed by atoms with E-state index in [0.29, 0.717) is 43.0 Å². The summed E-state index contributed by atoms with van der Waals surface area (Å²) in [5.74, 6) is 1.22. The molecule has 3 aromatic carbocycles. The van der Waals surface area contributed by atoms with Crippen LogP contribution in [0.25, 0.3) is 0 Å². The second-order valence-electron chi connectivity index (χ2n) is 8.46. The molecule has 36 heavy (non-hydrogen) atoms. The molecule has 0 spiro atoms. The smallest absolute Gasteiger partial charge is 0.407 e. The Hall–Kier alpha value is -3.52. The lowest BCUT2D eigenvalue weighted by molar-refractivity contribution is 0.0688. The third-order valence-corrected chi connectivity index (χ3v) is 6.99. The van der Waals surface area contributed by atoms with Gasteiger partial charge in [0.25, 0.3) is 5.91 Å². The lowest BCUT2D eigenvalue weighted by Gasteiger charge is -2.29. The molecule has 0 bridgehead atoms. The average Bonchev–Trinajstić information content (AvgIpc) is 3.25. The van der Waals surface area contributed by atoms with Crippen molar-refractivity contribution in [1.82, 2.24) is 10.2 Å². The van der Waals surface area contributed by atoms with E-state index in [1.54, 1.807) is 14.2 Å². The van der Waals surface area contributed by atoms with Crippen LogP contribution in [0.15, 0.2) is 71.2 Å². The number of carbonyl (C=O) groups is 2. The molecule has 1 aliphatic rings. The molecule has 1 heterocycles. The molecule has 1 N–H and O–H groups in total. The minimum Gasteiger partial charge on any atom is -0.493 e. The van der Waals surface area contributed by atoms with Gasteiger partial charge in [0.2, 0.25) is 0 Å². The van der Waals surface area contributed by atoms with Crippen LogP contribution in [-0.2, 0) is 17.9 Å². The summed E-state index contributed by atoms with van der Waals surface area (Å²) in [6.07, 6.45) is 0.835. The molecule has 7 nitrogen and oxygen atoms in total. The van der Waals surface area contributed by atoms with Gasteiger partial charge in [-0.05, 0) is 53.8 Å². The summed E-state index contributed by atoms with van der Waals surface area (Å²) in [4.78, 5) is 27.4. The molecule has 0 radical (unpaired) electrons. The van der Waals surface area contributed by atoms with Crippen molar-refractivity contribution in [3.05, 3.63) is 93.5 Å². The van der Waals surface area contributed by atoms with E-state index in [0.717, 1.165) is 21.2 Å². The van der Waals surface area contributed by atoms with E-state index in [1.807, 2.05) is 71.6 Å². The van der Waals surface area contributed by atoms with E-state index in [-0.39, 0.29) is 18.6 Å². The molecule has 3 aromatic rings. The van der Waals surface area contributed by atoms with Crippen LogP contribution in [0.1, 0.15) is 45.9 Å². The minimum absolute atomic E-state index is 0.0127. The van der Waals surface area contributed by atoms with E-state index >= 15 is 0 Å². The lowest BCUT2D eigenvalue weighted by atomic mass is 9.99. The predicted octanol–water partition coefficient (Wildman–Crippen LogP) is 5.87. The lowest BCUT2D eigenvalue weighted by Crippen LogP contribution is -2.31. The topological polar surface area (TPSA) is 77.1 Å². The second-order valence-corrected chi connectivity index (χ2v) is 9.31. The van der Waals surface area contributed by atoms with Crippen molar-refractivity contribution in [1.29, 1.82) is 0 Å². The van der Waals surface area contributed by atoms with Gasteiger partial charge in [0, 0.05) is 23.1 Å². The van der Waals surface area contributed by atoms with Gasteiger partial charge in [0.15, 0.2) is 11.5 Å². The highest BCUT2D eigenvalue weighted by atomic mass is 79.9. The van der Waals surface area contributed by atoms with Crippen LogP contribution in [-0.4, -0.2) is 37.7 Å². The number of halogens is 1. The second kappa shape index (κ2) is 11.9. The summed E-state index contributed by atoms with van der Waals surface area (Å²) in [5, 5.41) is 2.81. The third kappa shape index (κ3) is 5.82. The van der Waals surface area contributed by atoms with E-state index in [1.165, 1.54) is 0 Å². The summed E-state index contributed by atoms with van der Waals surface area (Å²) in [7, 11) is 3.19. The fraction of sp³-hybridized carbons (Fsp3) is 0.286. The Labute approximate surface area is 219 Å². The molecular weight excluding hydrogens is 524 g/mol. The monoisotopic (exact) mass is 552 g/mol. The molecule has 4 rings (SSSR count). The van der Waals surface area contributed by atoms with Crippen LogP contribution in [0.2, 0.25) is 0 Å². The number of carbonyl (C=O) groups excluding carboxylic acids is 2. The van der Waals surface area contributed by atoms with Gasteiger partial charge in [-0.15, -0.1) is 0 Å². The Morgan fingerprint density at radius 2 is 1.81 bits per heavy atom. The quantitative estimate of drug-likeness (QED) is 0.318. The maximum Gasteiger partial charge on any atom is 0.407 e. The third-order valence-electron chi connectivity index (χ3n) is 6.24. The first-order valence-electron chi connectivity index (χ1n) is 11.8. The van der Waals surface area contributed by atoms with Crippen molar-refractivity contribution in [2.45, 2.75) is 32.0 Å². The number of fused-ring (bicyclic) bond motifs is 1. The maximum absolute atomic E-state index is 13.4. The van der Waals surface area contributed by atoms with Crippen LogP contribution >= 0.6 is 15.9 Å². The van der Waals surface area contributed by atoms with Crippen molar-refractivity contribution in [3.63, 3.8) is 0 Å². The summed E-state index contributed by atoms with van der Waals surface area (Å²) >= 11 is 3.58. The minimum atomic E-state index is -0.463. The molecule has 188 valence electrons. The van der Waals surface area contributed by atoms with Crippen LogP contribution < -0.4 is 14.8 Å². The Bertz CT molecular complexity index is 1220. The van der Waals surface area contributed by atoms with Gasteiger partial charge in [0.1, 0.15) is 6.61 Å². The van der Waals surface area contributed by atoms with E-state index in [2.05, 4.69) is 21.2 Å². The zero-order valence-electron chi connectivity index (χ0n) is 20.3. The van der Waals surface area contributed by atoms with Gasteiger partial charge in [-0.25, -0.2) is 4.79 Å². The Morgan fingerprint density at radius 3 is 2.53 bits per heavy atom. The van der Waals surface area contributed by atoms with Crippen LogP contribution in [0.3, 0.4) is 0 Å². The number of nitrogens with one attached hydrogen (secondary N) is 1. The molecule has 0 aromatic heterocycles. The van der Waals surface area contributed by atoms with Crippen molar-refractivity contribution in [2.24, 2.45) is 0 Å². The average molecular weight is 553 g/mol. The van der Waals surface area contributed by atoms with Gasteiger partial charge in [0.05, 0.1) is 20.3 Å². The normalized spacial score (nSPS) is 13.2. The number of alkyl carbamates (subject to hydrolysis) is 1. The number of nitrogens with zero attached hydrogens (tertiary/aromatic N) is 1. The predicted molar refractivity (Wildman–Crippen MR) is 140 cm³/mol. The van der Waals surface area contributed by atoms with Gasteiger partial charge in [-0.2, -0.15) is 0 Å². The zero-order chi connectivity index (χ0) is 25.5. The highest BCUT2D eigenvalue weighted by Gasteiger charge is 2.34. The van der Waals surface area contributed by atoms with Gasteiger partial charge >= 0.3 is 6.09 Å². The first kappa shape index (κ1) is 25.6. The fourth-order valence-electron chi connectivity index (χ4n) is 4.39. The highest BCUT2D eigenvalue weighted by molar-refractivity contribution is 9.10. The summed E-state index contributed by atoms with van der Waals surface area (Å²) in [6, 6.07) is 20.7. The molecular formula is C28H29BrN2O5. The number of hydrogen-bond acceptors (Lipinski definition) is 5. The summed E-state index contributed by atoms with van der Waals surface area (Å²) in [6.45, 7) is 1.15. The van der Waals surface area contributed by atoms with Gasteiger partial charge < -0.3 is 24.4 Å². The molecule has 2 amide bonds. The van der Waals surface area contributed by atoms with Crippen molar-refractivity contribution >= 4 is 27.9 Å². The molecule has 0 fully saturated rings. The number of benzene rings is 3. The first-order valence-corrected chi connectivity index (χ1v) is 12.6. The van der Waals surface area contributed by atoms with Crippen molar-refractivity contribution in [3.8, 4) is 11.5 Å². The number of methoxy groups -OCH3 is 2. The van der Waals surface area contributed by atoms with Crippen LogP contribution in [0.4, 0.5) is 4.79 Å². The van der Waals surface area contributed by atoms with E-state index in [9.17, 15) is 9.59 Å². The Morgan fingerprint density at radius 1 is 1.03 bits per heavy atom.